The van der Waals surface area contributed by atoms with Gasteiger partial charge in [0, 0.05) is 23.6 Å². The maximum absolute atomic E-state index is 12.5. The van der Waals surface area contributed by atoms with E-state index >= 15 is 0 Å². The van der Waals surface area contributed by atoms with Crippen molar-refractivity contribution in [2.45, 2.75) is 39.7 Å². The number of carbonyl (C=O) groups is 2. The molecule has 3 rings (SSSR count). The average molecular weight is 437 g/mol. The van der Waals surface area contributed by atoms with E-state index in [0.29, 0.717) is 30.0 Å². The zero-order valence-corrected chi connectivity index (χ0v) is 18.6. The fourth-order valence-corrected chi connectivity index (χ4v) is 3.62. The van der Waals surface area contributed by atoms with Gasteiger partial charge in [-0.2, -0.15) is 0 Å². The summed E-state index contributed by atoms with van der Waals surface area (Å²) in [6.07, 6.45) is 0.696. The second-order valence-electron chi connectivity index (χ2n) is 7.67. The van der Waals surface area contributed by atoms with Crippen LogP contribution < -0.4 is 14.8 Å². The molecule has 0 unspecified atom stereocenters. The Labute approximate surface area is 187 Å². The normalized spacial score (nSPS) is 11.2. The summed E-state index contributed by atoms with van der Waals surface area (Å²) >= 11 is 0. The summed E-state index contributed by atoms with van der Waals surface area (Å²) in [6.45, 7) is 3.82. The highest BCUT2D eigenvalue weighted by Crippen LogP contribution is 2.31. The summed E-state index contributed by atoms with van der Waals surface area (Å²) in [5.74, 6) is -0.0170. The third-order valence-corrected chi connectivity index (χ3v) is 5.77. The van der Waals surface area contributed by atoms with Crippen LogP contribution >= 0.6 is 0 Å². The van der Waals surface area contributed by atoms with E-state index in [2.05, 4.69) is 10.3 Å². The van der Waals surface area contributed by atoms with Crippen molar-refractivity contribution >= 4 is 28.5 Å². The Bertz CT molecular complexity index is 1110. The zero-order valence-electron chi connectivity index (χ0n) is 18.6. The number of aliphatic carboxylic acids is 1. The molecule has 1 amide bonds. The van der Waals surface area contributed by atoms with Gasteiger partial charge in [-0.25, -0.2) is 4.98 Å². The summed E-state index contributed by atoms with van der Waals surface area (Å²) in [7, 11) is 1.61. The van der Waals surface area contributed by atoms with Gasteiger partial charge in [-0.3, -0.25) is 9.59 Å². The third kappa shape index (κ3) is 5.17. The predicted molar refractivity (Wildman–Crippen MR) is 123 cm³/mol. The van der Waals surface area contributed by atoms with E-state index in [1.807, 2.05) is 30.3 Å². The van der Waals surface area contributed by atoms with Crippen LogP contribution in [0.5, 0.6) is 11.5 Å². The van der Waals surface area contributed by atoms with Gasteiger partial charge in [0.25, 0.3) is 0 Å². The Morgan fingerprint density at radius 1 is 1.06 bits per heavy atom. The lowest BCUT2D eigenvalue weighted by Crippen LogP contribution is -2.34. The van der Waals surface area contributed by atoms with Crippen LogP contribution in [0.15, 0.2) is 54.6 Å². The van der Waals surface area contributed by atoms with Gasteiger partial charge in [0.15, 0.2) is 0 Å². The molecular weight excluding hydrogens is 408 g/mol. The molecule has 0 aliphatic carbocycles. The highest BCUT2D eigenvalue weighted by atomic mass is 16.5. The van der Waals surface area contributed by atoms with E-state index in [-0.39, 0.29) is 18.9 Å². The monoisotopic (exact) mass is 436 g/mol. The number of nitrogens with zero attached hydrogens (tertiary/aromatic N) is 1. The number of anilines is 1. The molecule has 2 aromatic carbocycles. The number of carbonyl (C=O) groups excluding carboxylic acids is 1. The molecule has 0 fully saturated rings. The van der Waals surface area contributed by atoms with Crippen LogP contribution in [0.3, 0.4) is 0 Å². The molecule has 0 saturated carbocycles. The standard InChI is InChI=1S/C25H28N2O5/c1-4-25(5-2,24(29)30)15-22(28)26-18-9-7-10-20(14-18)32-16-19-13-12-17-8-6-11-21(31-3)23(17)27-19/h6-14H,4-5,15-16H2,1-3H3,(H,26,28)(H,29,30). The summed E-state index contributed by atoms with van der Waals surface area (Å²) in [5.41, 5.74) is 1.01. The van der Waals surface area contributed by atoms with Crippen molar-refractivity contribution in [2.24, 2.45) is 5.41 Å². The number of para-hydroxylation sites is 1. The first-order valence-corrected chi connectivity index (χ1v) is 10.6. The number of ether oxygens (including phenoxy) is 2. The van der Waals surface area contributed by atoms with Gasteiger partial charge < -0.3 is 19.9 Å². The summed E-state index contributed by atoms with van der Waals surface area (Å²) in [6, 6.07) is 16.6. The lowest BCUT2D eigenvalue weighted by atomic mass is 9.79. The van der Waals surface area contributed by atoms with E-state index in [4.69, 9.17) is 9.47 Å². The minimum Gasteiger partial charge on any atom is -0.494 e. The quantitative estimate of drug-likeness (QED) is 0.462. The molecule has 0 spiro atoms. The van der Waals surface area contributed by atoms with Gasteiger partial charge in [-0.1, -0.05) is 38.1 Å². The molecule has 1 aromatic heterocycles. The van der Waals surface area contributed by atoms with E-state index in [0.717, 1.165) is 16.6 Å². The van der Waals surface area contributed by atoms with Crippen molar-refractivity contribution < 1.29 is 24.2 Å². The maximum Gasteiger partial charge on any atom is 0.310 e. The Kier molecular flexibility index (Phi) is 7.30. The fourth-order valence-electron chi connectivity index (χ4n) is 3.62. The summed E-state index contributed by atoms with van der Waals surface area (Å²) in [4.78, 5) is 28.8. The van der Waals surface area contributed by atoms with Crippen molar-refractivity contribution in [1.82, 2.24) is 4.98 Å². The van der Waals surface area contributed by atoms with E-state index in [1.54, 1.807) is 45.2 Å². The third-order valence-electron chi connectivity index (χ3n) is 5.77. The number of nitrogens with one attached hydrogen (secondary N) is 1. The van der Waals surface area contributed by atoms with Crippen molar-refractivity contribution in [1.29, 1.82) is 0 Å². The zero-order chi connectivity index (χ0) is 23.1. The summed E-state index contributed by atoms with van der Waals surface area (Å²) in [5, 5.41) is 13.3. The van der Waals surface area contributed by atoms with Gasteiger partial charge in [0.2, 0.25) is 5.91 Å². The van der Waals surface area contributed by atoms with Gasteiger partial charge in [0.05, 0.1) is 18.2 Å². The number of hydrogen-bond donors (Lipinski definition) is 2. The molecule has 0 atom stereocenters. The second-order valence-corrected chi connectivity index (χ2v) is 7.67. The maximum atomic E-state index is 12.5. The number of fused-ring (bicyclic) bond motifs is 1. The number of amides is 1. The van der Waals surface area contributed by atoms with Gasteiger partial charge in [-0.15, -0.1) is 0 Å². The number of hydrogen-bond acceptors (Lipinski definition) is 5. The molecule has 0 saturated heterocycles. The van der Waals surface area contributed by atoms with Gasteiger partial charge >= 0.3 is 5.97 Å². The molecular formula is C25H28N2O5. The first-order chi connectivity index (χ1) is 15.4. The molecule has 32 heavy (non-hydrogen) atoms. The van der Waals surface area contributed by atoms with Crippen LogP contribution in [0.2, 0.25) is 0 Å². The SMILES string of the molecule is CCC(CC)(CC(=O)Nc1cccc(OCc2ccc3cccc(OC)c3n2)c1)C(=O)O. The molecule has 0 aliphatic heterocycles. The van der Waals surface area contributed by atoms with Crippen LogP contribution in [-0.4, -0.2) is 29.1 Å². The van der Waals surface area contributed by atoms with Gasteiger partial charge in [0.1, 0.15) is 23.6 Å². The topological polar surface area (TPSA) is 97.8 Å². The Hall–Kier alpha value is -3.61. The van der Waals surface area contributed by atoms with Crippen molar-refractivity contribution in [3.05, 3.63) is 60.3 Å². The van der Waals surface area contributed by atoms with Crippen LogP contribution in [0.25, 0.3) is 10.9 Å². The fraction of sp³-hybridized carbons (Fsp3) is 0.320. The Balaban J connectivity index is 1.67. The molecule has 7 heteroatoms. The molecule has 1 heterocycles. The first-order valence-electron chi connectivity index (χ1n) is 10.6. The number of carboxylic acids is 1. The van der Waals surface area contributed by atoms with E-state index in [9.17, 15) is 14.7 Å². The second kappa shape index (κ2) is 10.1. The number of pyridine rings is 1. The largest absolute Gasteiger partial charge is 0.494 e. The molecule has 2 N–H and O–H groups in total. The number of methoxy groups -OCH3 is 1. The summed E-state index contributed by atoms with van der Waals surface area (Å²) < 4.78 is 11.3. The number of aromatic nitrogens is 1. The van der Waals surface area contributed by atoms with Crippen LogP contribution in [0.1, 0.15) is 38.8 Å². The smallest absolute Gasteiger partial charge is 0.310 e. The predicted octanol–water partition coefficient (Wildman–Crippen LogP) is 5.04. The first kappa shape index (κ1) is 23.1. The minimum atomic E-state index is -1.05. The van der Waals surface area contributed by atoms with Crippen molar-refractivity contribution in [3.63, 3.8) is 0 Å². The lowest BCUT2D eigenvalue weighted by molar-refractivity contribution is -0.151. The molecule has 168 valence electrons. The molecule has 7 nitrogen and oxygen atoms in total. The number of benzene rings is 2. The van der Waals surface area contributed by atoms with Crippen LogP contribution in [0, 0.1) is 5.41 Å². The highest BCUT2D eigenvalue weighted by Gasteiger charge is 2.37. The number of carboxylic acid groups (broad SMARTS) is 1. The van der Waals surface area contributed by atoms with E-state index in [1.165, 1.54) is 0 Å². The Morgan fingerprint density at radius 2 is 1.81 bits per heavy atom. The molecule has 0 bridgehead atoms. The average Bonchev–Trinajstić information content (AvgIpc) is 2.80. The molecule has 3 aromatic rings. The van der Waals surface area contributed by atoms with Gasteiger partial charge in [-0.05, 0) is 37.1 Å². The van der Waals surface area contributed by atoms with Crippen LogP contribution in [0.4, 0.5) is 5.69 Å². The van der Waals surface area contributed by atoms with Crippen LogP contribution in [-0.2, 0) is 16.2 Å². The molecule has 0 aliphatic rings. The highest BCUT2D eigenvalue weighted by molar-refractivity contribution is 5.94. The minimum absolute atomic E-state index is 0.0801. The van der Waals surface area contributed by atoms with E-state index < -0.39 is 11.4 Å². The number of rotatable bonds is 10. The Morgan fingerprint density at radius 3 is 2.50 bits per heavy atom. The van der Waals surface area contributed by atoms with Crippen molar-refractivity contribution in [2.75, 3.05) is 12.4 Å². The molecule has 0 radical (unpaired) electrons. The lowest BCUT2D eigenvalue weighted by Gasteiger charge is -2.25. The van der Waals surface area contributed by atoms with Crippen molar-refractivity contribution in [3.8, 4) is 11.5 Å².